The molecule has 0 aliphatic heterocycles. The molecule has 0 bridgehead atoms. The number of aromatic nitrogens is 5. The van der Waals surface area contributed by atoms with Gasteiger partial charge in [-0.25, -0.2) is 9.97 Å². The van der Waals surface area contributed by atoms with Gasteiger partial charge < -0.3 is 24.1 Å². The fourth-order valence-corrected chi connectivity index (χ4v) is 3.97. The van der Waals surface area contributed by atoms with E-state index in [9.17, 15) is 4.79 Å². The van der Waals surface area contributed by atoms with E-state index in [-0.39, 0.29) is 0 Å². The zero-order valence-corrected chi connectivity index (χ0v) is 22.1. The van der Waals surface area contributed by atoms with Crippen molar-refractivity contribution < 1.29 is 19.0 Å². The van der Waals surface area contributed by atoms with Crippen LogP contribution in [0.3, 0.4) is 0 Å². The van der Waals surface area contributed by atoms with Crippen LogP contribution in [-0.4, -0.2) is 58.7 Å². The maximum atomic E-state index is 11.1. The minimum absolute atomic E-state index is 0.369. The first-order valence-electron chi connectivity index (χ1n) is 11.3. The molecule has 0 amide bonds. The average molecular weight is 514 g/mol. The van der Waals surface area contributed by atoms with Crippen LogP contribution in [0, 0.1) is 6.92 Å². The molecule has 0 radical (unpaired) electrons. The molecule has 1 aromatic carbocycles. The summed E-state index contributed by atoms with van der Waals surface area (Å²) in [5.41, 5.74) is 3.02. The maximum Gasteiger partial charge on any atom is 0.233 e. The van der Waals surface area contributed by atoms with Crippen molar-refractivity contribution in [2.24, 2.45) is 0 Å². The minimum Gasteiger partial charge on any atom is -0.493 e. The van der Waals surface area contributed by atoms with Crippen LogP contribution in [0.2, 0.25) is 0 Å². The van der Waals surface area contributed by atoms with E-state index in [1.54, 1.807) is 34.6 Å². The molecule has 3 heterocycles. The lowest BCUT2D eigenvalue weighted by atomic mass is 10.2. The molecular weight excluding hydrogens is 482 g/mol. The van der Waals surface area contributed by atoms with Crippen LogP contribution in [0.15, 0.2) is 24.5 Å². The first kappa shape index (κ1) is 26.8. The molecular formula is C24H31N7O4S. The van der Waals surface area contributed by atoms with Crippen molar-refractivity contribution in [3.8, 4) is 11.5 Å². The third-order valence-electron chi connectivity index (χ3n) is 5.16. The van der Waals surface area contributed by atoms with E-state index >= 15 is 0 Å². The number of nitrogens with zero attached hydrogens (tertiary/aromatic N) is 5. The number of hydrogen-bond acceptors (Lipinski definition) is 11. The molecule has 0 atom stereocenters. The van der Waals surface area contributed by atoms with Gasteiger partial charge in [0, 0.05) is 26.8 Å². The lowest BCUT2D eigenvalue weighted by Crippen LogP contribution is -2.07. The topological polar surface area (TPSA) is 125 Å². The molecule has 0 unspecified atom stereocenters. The second-order valence-corrected chi connectivity index (χ2v) is 8.46. The largest absolute Gasteiger partial charge is 0.493 e. The second kappa shape index (κ2) is 12.8. The van der Waals surface area contributed by atoms with Crippen LogP contribution >= 0.6 is 11.3 Å². The van der Waals surface area contributed by atoms with Gasteiger partial charge in [0.25, 0.3) is 0 Å². The molecule has 12 heteroatoms. The SMILES string of the molecule is CCOC.CCn1cnc2c(NCc3ccc(OC)c(OC)c3)nc(Nc3nc(C)c(C=O)s3)nc21. The third kappa shape index (κ3) is 6.26. The molecule has 0 spiro atoms. The lowest BCUT2D eigenvalue weighted by molar-refractivity contribution is 0.112. The Kier molecular flexibility index (Phi) is 9.53. The molecule has 3 aromatic heterocycles. The molecule has 0 saturated heterocycles. The highest BCUT2D eigenvalue weighted by Gasteiger charge is 2.15. The van der Waals surface area contributed by atoms with Gasteiger partial charge in [0.2, 0.25) is 5.95 Å². The Hall–Kier alpha value is -3.77. The van der Waals surface area contributed by atoms with Crippen LogP contribution in [0.25, 0.3) is 11.2 Å². The number of carbonyl (C=O) groups excluding carboxylic acids is 1. The fraction of sp³-hybridized carbons (Fsp3) is 0.375. The smallest absolute Gasteiger partial charge is 0.233 e. The fourth-order valence-electron chi connectivity index (χ4n) is 3.20. The van der Waals surface area contributed by atoms with E-state index in [0.29, 0.717) is 63.2 Å². The predicted molar refractivity (Wildman–Crippen MR) is 141 cm³/mol. The summed E-state index contributed by atoms with van der Waals surface area (Å²) in [6.45, 7) is 7.80. The standard InChI is InChI=1S/C21H23N7O3S.C3H8O/c1-5-28-11-23-17-18(22-9-13-6-7-14(30-3)15(8-13)31-4)25-20(26-19(17)28)27-21-24-12(2)16(10-29)32-21;1-3-4-2/h6-8,10-11H,5,9H2,1-4H3,(H2,22,24,25,26,27);3H2,1-2H3. The number of nitrogens with one attached hydrogen (secondary N) is 2. The molecule has 0 aliphatic rings. The molecule has 4 aromatic rings. The van der Waals surface area contributed by atoms with E-state index in [2.05, 4.69) is 35.3 Å². The summed E-state index contributed by atoms with van der Waals surface area (Å²) in [4.78, 5) is 29.8. The molecule has 0 fully saturated rings. The average Bonchev–Trinajstić information content (AvgIpc) is 3.49. The highest BCUT2D eigenvalue weighted by Crippen LogP contribution is 2.29. The first-order chi connectivity index (χ1) is 17.5. The van der Waals surface area contributed by atoms with Gasteiger partial charge in [0.1, 0.15) is 0 Å². The summed E-state index contributed by atoms with van der Waals surface area (Å²) >= 11 is 1.26. The van der Waals surface area contributed by atoms with Crippen LogP contribution in [0.1, 0.15) is 34.8 Å². The van der Waals surface area contributed by atoms with E-state index in [1.165, 1.54) is 11.3 Å². The van der Waals surface area contributed by atoms with Crippen molar-refractivity contribution in [3.05, 3.63) is 40.7 Å². The van der Waals surface area contributed by atoms with Gasteiger partial charge in [-0.2, -0.15) is 9.97 Å². The van der Waals surface area contributed by atoms with Gasteiger partial charge >= 0.3 is 0 Å². The highest BCUT2D eigenvalue weighted by atomic mass is 32.1. The van der Waals surface area contributed by atoms with Gasteiger partial charge in [-0.1, -0.05) is 17.4 Å². The predicted octanol–water partition coefficient (Wildman–Crippen LogP) is 4.45. The molecule has 192 valence electrons. The van der Waals surface area contributed by atoms with Gasteiger partial charge in [-0.05, 0) is 38.5 Å². The Morgan fingerprint density at radius 3 is 2.44 bits per heavy atom. The van der Waals surface area contributed by atoms with E-state index < -0.39 is 0 Å². The zero-order valence-electron chi connectivity index (χ0n) is 21.3. The quantitative estimate of drug-likeness (QED) is 0.294. The lowest BCUT2D eigenvalue weighted by Gasteiger charge is -2.12. The zero-order chi connectivity index (χ0) is 26.1. The van der Waals surface area contributed by atoms with Crippen LogP contribution in [0.4, 0.5) is 16.9 Å². The number of imidazole rings is 1. The number of thiazole rings is 1. The first-order valence-corrected chi connectivity index (χ1v) is 12.2. The Morgan fingerprint density at radius 2 is 1.83 bits per heavy atom. The number of carbonyl (C=O) groups is 1. The van der Waals surface area contributed by atoms with E-state index in [0.717, 1.165) is 18.5 Å². The van der Waals surface area contributed by atoms with Gasteiger partial charge in [0.05, 0.1) is 31.1 Å². The van der Waals surface area contributed by atoms with Crippen molar-refractivity contribution in [2.75, 3.05) is 38.6 Å². The monoisotopic (exact) mass is 513 g/mol. The molecule has 4 rings (SSSR count). The third-order valence-corrected chi connectivity index (χ3v) is 6.16. The Balaban J connectivity index is 0.000000840. The minimum atomic E-state index is 0.369. The molecule has 11 nitrogen and oxygen atoms in total. The number of hydrogen-bond donors (Lipinski definition) is 2. The normalized spacial score (nSPS) is 10.5. The number of aryl methyl sites for hydroxylation is 2. The number of ether oxygens (including phenoxy) is 3. The van der Waals surface area contributed by atoms with Gasteiger partial charge in [0.15, 0.2) is 39.9 Å². The highest BCUT2D eigenvalue weighted by molar-refractivity contribution is 7.17. The van der Waals surface area contributed by atoms with Gasteiger partial charge in [-0.15, -0.1) is 0 Å². The molecule has 2 N–H and O–H groups in total. The van der Waals surface area contributed by atoms with Crippen molar-refractivity contribution in [2.45, 2.75) is 33.9 Å². The van der Waals surface area contributed by atoms with E-state index in [4.69, 9.17) is 9.47 Å². The summed E-state index contributed by atoms with van der Waals surface area (Å²) < 4.78 is 17.2. The van der Waals surface area contributed by atoms with Crippen LogP contribution < -0.4 is 20.1 Å². The summed E-state index contributed by atoms with van der Waals surface area (Å²) in [6, 6.07) is 5.72. The van der Waals surface area contributed by atoms with Crippen molar-refractivity contribution >= 4 is 45.7 Å². The van der Waals surface area contributed by atoms with Gasteiger partial charge in [-0.3, -0.25) is 10.1 Å². The number of methoxy groups -OCH3 is 3. The maximum absolute atomic E-state index is 11.1. The summed E-state index contributed by atoms with van der Waals surface area (Å²) in [7, 11) is 4.89. The molecule has 0 saturated carbocycles. The summed E-state index contributed by atoms with van der Waals surface area (Å²) in [6.07, 6.45) is 2.53. The number of benzene rings is 1. The molecule has 36 heavy (non-hydrogen) atoms. The Labute approximate surface area is 213 Å². The summed E-state index contributed by atoms with van der Waals surface area (Å²) in [5, 5.41) is 7.01. The Bertz CT molecular complexity index is 1300. The van der Waals surface area contributed by atoms with Crippen molar-refractivity contribution in [1.82, 2.24) is 24.5 Å². The van der Waals surface area contributed by atoms with E-state index in [1.807, 2.05) is 36.6 Å². The number of anilines is 3. The number of fused-ring (bicyclic) bond motifs is 1. The van der Waals surface area contributed by atoms with Crippen molar-refractivity contribution in [3.63, 3.8) is 0 Å². The van der Waals surface area contributed by atoms with Crippen molar-refractivity contribution in [1.29, 1.82) is 0 Å². The van der Waals surface area contributed by atoms with Crippen LogP contribution in [0.5, 0.6) is 11.5 Å². The number of aldehydes is 1. The van der Waals surface area contributed by atoms with Crippen LogP contribution in [-0.2, 0) is 17.8 Å². The second-order valence-electron chi connectivity index (χ2n) is 7.43. The summed E-state index contributed by atoms with van der Waals surface area (Å²) in [5.74, 6) is 2.28. The Morgan fingerprint density at radius 1 is 1.08 bits per heavy atom. The number of rotatable bonds is 10. The molecule has 0 aliphatic carbocycles.